The SMILES string of the molecule is Cc1ccc(C[C@@H](CNC(=O)N(C)C)n2c(=NC(=O)O)n(Cc3ccc(C)cc3)c3ccccc32)cc1. The Kier molecular flexibility index (Phi) is 7.77. The molecule has 1 atom stereocenters. The lowest BCUT2D eigenvalue weighted by Crippen LogP contribution is -2.41. The van der Waals surface area contributed by atoms with Crippen LogP contribution >= 0.6 is 0 Å². The van der Waals surface area contributed by atoms with Gasteiger partial charge < -0.3 is 24.5 Å². The third-order valence-corrected chi connectivity index (χ3v) is 6.40. The molecule has 0 radical (unpaired) electrons. The molecule has 0 fully saturated rings. The van der Waals surface area contributed by atoms with E-state index in [1.165, 1.54) is 4.90 Å². The van der Waals surface area contributed by atoms with E-state index in [1.807, 2.05) is 71.5 Å². The van der Waals surface area contributed by atoms with Gasteiger partial charge in [-0.2, -0.15) is 0 Å². The highest BCUT2D eigenvalue weighted by molar-refractivity contribution is 5.77. The third kappa shape index (κ3) is 6.09. The minimum Gasteiger partial charge on any atom is -0.463 e. The Labute approximate surface area is 216 Å². The number of hydrogen-bond donors (Lipinski definition) is 2. The number of hydrogen-bond acceptors (Lipinski definition) is 2. The first-order valence-corrected chi connectivity index (χ1v) is 12.3. The van der Waals surface area contributed by atoms with Gasteiger partial charge in [0.1, 0.15) is 0 Å². The van der Waals surface area contributed by atoms with E-state index in [9.17, 15) is 14.7 Å². The molecule has 2 N–H and O–H groups in total. The molecule has 0 saturated heterocycles. The Morgan fingerprint density at radius 3 is 2.03 bits per heavy atom. The van der Waals surface area contributed by atoms with Crippen molar-refractivity contribution in [3.63, 3.8) is 0 Å². The first-order valence-electron chi connectivity index (χ1n) is 12.3. The lowest BCUT2D eigenvalue weighted by Gasteiger charge is -2.22. The number of aryl methyl sites for hydroxylation is 2. The molecule has 1 aromatic heterocycles. The van der Waals surface area contributed by atoms with Gasteiger partial charge in [-0.25, -0.2) is 9.59 Å². The summed E-state index contributed by atoms with van der Waals surface area (Å²) in [5.41, 5.74) is 6.48. The van der Waals surface area contributed by atoms with Crippen molar-refractivity contribution in [1.82, 2.24) is 19.4 Å². The summed E-state index contributed by atoms with van der Waals surface area (Å²) in [6.45, 7) is 4.83. The van der Waals surface area contributed by atoms with Crippen LogP contribution < -0.4 is 10.9 Å². The molecule has 0 unspecified atom stereocenters. The van der Waals surface area contributed by atoms with Gasteiger partial charge in [0.05, 0.1) is 23.6 Å². The number of carboxylic acid groups (broad SMARTS) is 1. The maximum Gasteiger partial charge on any atom is 0.434 e. The summed E-state index contributed by atoms with van der Waals surface area (Å²) in [6.07, 6.45) is -0.688. The lowest BCUT2D eigenvalue weighted by atomic mass is 10.0. The van der Waals surface area contributed by atoms with Crippen molar-refractivity contribution in [2.75, 3.05) is 20.6 Å². The number of amides is 3. The van der Waals surface area contributed by atoms with Crippen molar-refractivity contribution in [1.29, 1.82) is 0 Å². The van der Waals surface area contributed by atoms with Crippen molar-refractivity contribution in [3.8, 4) is 0 Å². The molecule has 8 nitrogen and oxygen atoms in total. The molecule has 3 amide bonds. The molecule has 0 aliphatic rings. The Morgan fingerprint density at radius 2 is 1.46 bits per heavy atom. The van der Waals surface area contributed by atoms with Crippen LogP contribution in [0, 0.1) is 13.8 Å². The highest BCUT2D eigenvalue weighted by atomic mass is 16.4. The maximum atomic E-state index is 12.5. The molecule has 4 rings (SSSR count). The number of fused-ring (bicyclic) bond motifs is 1. The van der Waals surface area contributed by atoms with Crippen LogP contribution in [0.25, 0.3) is 11.0 Å². The van der Waals surface area contributed by atoms with E-state index in [-0.39, 0.29) is 12.1 Å². The van der Waals surface area contributed by atoms with Gasteiger partial charge in [0.15, 0.2) is 0 Å². The van der Waals surface area contributed by atoms with Crippen molar-refractivity contribution in [2.45, 2.75) is 32.9 Å². The quantitative estimate of drug-likeness (QED) is 0.385. The number of para-hydroxylation sites is 2. The second kappa shape index (κ2) is 11.2. The number of nitrogens with zero attached hydrogens (tertiary/aromatic N) is 4. The zero-order chi connectivity index (χ0) is 26.5. The molecular weight excluding hydrogens is 466 g/mol. The van der Waals surface area contributed by atoms with Gasteiger partial charge in [0.25, 0.3) is 0 Å². The number of carbonyl (C=O) groups is 2. The number of nitrogens with one attached hydrogen (secondary N) is 1. The molecular formula is C29H33N5O3. The average molecular weight is 500 g/mol. The number of benzene rings is 3. The second-order valence-corrected chi connectivity index (χ2v) is 9.55. The highest BCUT2D eigenvalue weighted by Crippen LogP contribution is 2.22. The van der Waals surface area contributed by atoms with E-state index in [2.05, 4.69) is 34.6 Å². The molecule has 0 spiro atoms. The van der Waals surface area contributed by atoms with Crippen molar-refractivity contribution in [3.05, 3.63) is 101 Å². The fraction of sp³-hybridized carbons (Fsp3) is 0.276. The number of imidazole rings is 1. The third-order valence-electron chi connectivity index (χ3n) is 6.40. The van der Waals surface area contributed by atoms with E-state index in [1.54, 1.807) is 14.1 Å². The summed E-state index contributed by atoms with van der Waals surface area (Å²) in [5, 5.41) is 12.8. The molecule has 0 saturated carbocycles. The van der Waals surface area contributed by atoms with Gasteiger partial charge in [-0.1, -0.05) is 71.8 Å². The lowest BCUT2D eigenvalue weighted by molar-refractivity contribution is 0.203. The number of urea groups is 1. The Balaban J connectivity index is 1.90. The Hall–Kier alpha value is -4.33. The van der Waals surface area contributed by atoms with Crippen LogP contribution in [0.15, 0.2) is 77.8 Å². The number of aromatic nitrogens is 2. The second-order valence-electron chi connectivity index (χ2n) is 9.55. The molecule has 4 aromatic rings. The predicted octanol–water partition coefficient (Wildman–Crippen LogP) is 4.74. The summed E-state index contributed by atoms with van der Waals surface area (Å²) in [6, 6.07) is 23.7. The number of rotatable bonds is 7. The van der Waals surface area contributed by atoms with Gasteiger partial charge >= 0.3 is 12.1 Å². The smallest absolute Gasteiger partial charge is 0.434 e. The van der Waals surface area contributed by atoms with Gasteiger partial charge in [-0.05, 0) is 43.5 Å². The molecule has 3 aromatic carbocycles. The zero-order valence-corrected chi connectivity index (χ0v) is 21.7. The van der Waals surface area contributed by atoms with E-state index >= 15 is 0 Å². The van der Waals surface area contributed by atoms with Crippen LogP contribution in [0.1, 0.15) is 28.3 Å². The van der Waals surface area contributed by atoms with Gasteiger partial charge in [-0.15, -0.1) is 4.99 Å². The van der Waals surface area contributed by atoms with Crippen LogP contribution in [0.3, 0.4) is 0 Å². The van der Waals surface area contributed by atoms with Gasteiger partial charge in [0.2, 0.25) is 5.62 Å². The van der Waals surface area contributed by atoms with Crippen LogP contribution in [0.5, 0.6) is 0 Å². The fourth-order valence-corrected chi connectivity index (χ4v) is 4.45. The fourth-order valence-electron chi connectivity index (χ4n) is 4.45. The average Bonchev–Trinajstić information content (AvgIpc) is 3.16. The monoisotopic (exact) mass is 499 g/mol. The van der Waals surface area contributed by atoms with E-state index in [0.717, 1.165) is 33.3 Å². The molecule has 1 heterocycles. The van der Waals surface area contributed by atoms with Crippen LogP contribution in [-0.2, 0) is 13.0 Å². The predicted molar refractivity (Wildman–Crippen MR) is 145 cm³/mol. The van der Waals surface area contributed by atoms with Crippen molar-refractivity contribution >= 4 is 23.2 Å². The zero-order valence-electron chi connectivity index (χ0n) is 21.7. The van der Waals surface area contributed by atoms with E-state index < -0.39 is 6.09 Å². The summed E-state index contributed by atoms with van der Waals surface area (Å²) in [4.78, 5) is 30.0. The molecule has 8 heteroatoms. The summed E-state index contributed by atoms with van der Waals surface area (Å²) < 4.78 is 3.89. The normalized spacial score (nSPS) is 12.5. The van der Waals surface area contributed by atoms with Crippen LogP contribution in [-0.4, -0.2) is 51.9 Å². The minimum atomic E-state index is -1.27. The molecule has 0 aliphatic heterocycles. The summed E-state index contributed by atoms with van der Waals surface area (Å²) >= 11 is 0. The maximum absolute atomic E-state index is 12.5. The first kappa shape index (κ1) is 25.8. The topological polar surface area (TPSA) is 91.9 Å². The highest BCUT2D eigenvalue weighted by Gasteiger charge is 2.22. The van der Waals surface area contributed by atoms with E-state index in [4.69, 9.17) is 0 Å². The summed E-state index contributed by atoms with van der Waals surface area (Å²) in [7, 11) is 3.38. The van der Waals surface area contributed by atoms with Crippen molar-refractivity contribution in [2.24, 2.45) is 4.99 Å². The van der Waals surface area contributed by atoms with Crippen LogP contribution in [0.4, 0.5) is 9.59 Å². The number of carbonyl (C=O) groups excluding carboxylic acids is 1. The largest absolute Gasteiger partial charge is 0.463 e. The van der Waals surface area contributed by atoms with Gasteiger partial charge in [0, 0.05) is 20.6 Å². The Morgan fingerprint density at radius 1 is 0.892 bits per heavy atom. The standard InChI is InChI=1S/C29H33N5O3/c1-20-9-13-22(14-10-20)17-24(18-30-28(35)32(3)4)34-26-8-6-5-7-25(26)33(27(34)31-29(36)37)19-23-15-11-21(2)12-16-23/h5-16,24H,17-19H2,1-4H3,(H,30,35)(H,36,37)/t24-/m0/s1. The minimum absolute atomic E-state index is 0.213. The molecule has 0 aliphatic carbocycles. The van der Waals surface area contributed by atoms with E-state index in [0.29, 0.717) is 25.1 Å². The molecule has 192 valence electrons. The van der Waals surface area contributed by atoms with Gasteiger partial charge in [-0.3, -0.25) is 0 Å². The van der Waals surface area contributed by atoms with Crippen LogP contribution in [0.2, 0.25) is 0 Å². The summed E-state index contributed by atoms with van der Waals surface area (Å²) in [5.74, 6) is 0. The first-order chi connectivity index (χ1) is 17.7. The molecule has 0 bridgehead atoms. The molecule has 37 heavy (non-hydrogen) atoms. The van der Waals surface area contributed by atoms with Crippen molar-refractivity contribution < 1.29 is 14.7 Å². The Bertz CT molecular complexity index is 1460.